The van der Waals surface area contributed by atoms with Crippen LogP contribution in [0.5, 0.6) is 0 Å². The zero-order valence-electron chi connectivity index (χ0n) is 8.00. The summed E-state index contributed by atoms with van der Waals surface area (Å²) < 4.78 is 23.8. The van der Waals surface area contributed by atoms with E-state index >= 15 is 0 Å². The van der Waals surface area contributed by atoms with Crippen LogP contribution in [0.1, 0.15) is 37.8 Å². The van der Waals surface area contributed by atoms with Crippen LogP contribution in [0, 0.1) is 0 Å². The predicted octanol–water partition coefficient (Wildman–Crippen LogP) is 2.39. The molecule has 0 aliphatic heterocycles. The predicted molar refractivity (Wildman–Crippen MR) is 51.2 cm³/mol. The lowest BCUT2D eigenvalue weighted by Crippen LogP contribution is -2.11. The van der Waals surface area contributed by atoms with Gasteiger partial charge in [0.15, 0.2) is 0 Å². The third kappa shape index (κ3) is 3.47. The summed E-state index contributed by atoms with van der Waals surface area (Å²) in [4.78, 5) is 13.8. The Kier molecular flexibility index (Phi) is 5.36. The minimum absolute atomic E-state index is 0. The molecule has 1 rings (SSSR count). The number of pyridine rings is 1. The maximum absolute atomic E-state index is 11.9. The molecule has 0 radical (unpaired) electrons. The maximum atomic E-state index is 11.9. The lowest BCUT2D eigenvalue weighted by Gasteiger charge is -1.98. The van der Waals surface area contributed by atoms with Crippen LogP contribution in [-0.4, -0.2) is 10.9 Å². The number of halogens is 2. The Hall–Kier alpha value is -1.52. The summed E-state index contributed by atoms with van der Waals surface area (Å²) in [5, 5.41) is 0. The van der Waals surface area contributed by atoms with Gasteiger partial charge in [-0.3, -0.25) is 9.78 Å². The molecule has 0 saturated heterocycles. The van der Waals surface area contributed by atoms with Crippen LogP contribution < -0.4 is 5.73 Å². The van der Waals surface area contributed by atoms with Crippen molar-refractivity contribution < 1.29 is 15.0 Å². The molecule has 80 valence electrons. The number of carbonyl (C=O) groups excluding carboxylic acids is 1. The molecule has 0 atom stereocenters. The molecule has 3 nitrogen and oxygen atoms in total. The molecule has 1 heterocycles. The van der Waals surface area contributed by atoms with Gasteiger partial charge in [-0.25, -0.2) is 8.78 Å². The van der Waals surface area contributed by atoms with E-state index in [1.807, 2.05) is 13.8 Å². The maximum Gasteiger partial charge on any atom is 0.280 e. The smallest absolute Gasteiger partial charge is 0.280 e. The fourth-order valence-corrected chi connectivity index (χ4v) is 0.680. The number of nitrogens with two attached hydrogens (primary N) is 1. The van der Waals surface area contributed by atoms with Gasteiger partial charge in [0.05, 0.1) is 5.56 Å². The van der Waals surface area contributed by atoms with Crippen molar-refractivity contribution in [2.24, 2.45) is 5.73 Å². The second-order valence-electron chi connectivity index (χ2n) is 2.14. The number of rotatable bonds is 2. The van der Waals surface area contributed by atoms with Crippen LogP contribution >= 0.6 is 0 Å². The molecule has 2 N–H and O–H groups in total. The van der Waals surface area contributed by atoms with Gasteiger partial charge in [-0.2, -0.15) is 0 Å². The van der Waals surface area contributed by atoms with Crippen molar-refractivity contribution in [2.75, 3.05) is 0 Å². The zero-order valence-corrected chi connectivity index (χ0v) is 8.00. The van der Waals surface area contributed by atoms with Gasteiger partial charge in [-0.05, 0) is 12.1 Å². The topological polar surface area (TPSA) is 56.0 Å². The molecule has 0 aliphatic rings. The summed E-state index contributed by atoms with van der Waals surface area (Å²) in [6.45, 7) is 4.00. The van der Waals surface area contributed by atoms with Crippen LogP contribution in [0.2, 0.25) is 0 Å². The van der Waals surface area contributed by atoms with Gasteiger partial charge >= 0.3 is 0 Å². The van der Waals surface area contributed by atoms with Crippen molar-refractivity contribution in [1.82, 2.24) is 4.98 Å². The fraction of sp³-hybridized carbons (Fsp3) is 0.333. The third-order valence-corrected chi connectivity index (χ3v) is 1.29. The molecule has 0 fully saturated rings. The van der Waals surface area contributed by atoms with E-state index in [0.717, 1.165) is 12.3 Å². The van der Waals surface area contributed by atoms with E-state index in [9.17, 15) is 13.6 Å². The van der Waals surface area contributed by atoms with Crippen molar-refractivity contribution in [3.63, 3.8) is 0 Å². The monoisotopic (exact) mass is 204 g/mol. The van der Waals surface area contributed by atoms with E-state index < -0.39 is 12.3 Å². The molecule has 5 heteroatoms. The molecule has 0 aromatic carbocycles. The van der Waals surface area contributed by atoms with Crippen LogP contribution in [0.15, 0.2) is 18.3 Å². The molecule has 0 saturated carbocycles. The molecule has 0 bridgehead atoms. The number of alkyl halides is 2. The Morgan fingerprint density at radius 3 is 2.36 bits per heavy atom. The Labute approximate surface area is 82.4 Å². The fourth-order valence-electron chi connectivity index (χ4n) is 0.680. The van der Waals surface area contributed by atoms with Crippen molar-refractivity contribution in [2.45, 2.75) is 20.3 Å². The van der Waals surface area contributed by atoms with Gasteiger partial charge in [0.25, 0.3) is 6.43 Å². The van der Waals surface area contributed by atoms with E-state index in [2.05, 4.69) is 4.98 Å². The highest BCUT2D eigenvalue weighted by Crippen LogP contribution is 2.15. The number of amides is 1. The summed E-state index contributed by atoms with van der Waals surface area (Å²) in [5.74, 6) is -0.677. The average molecular weight is 204 g/mol. The first-order valence-electron chi connectivity index (χ1n) is 4.15. The number of carbonyl (C=O) groups is 1. The molecule has 0 aliphatic carbocycles. The summed E-state index contributed by atoms with van der Waals surface area (Å²) >= 11 is 0. The van der Waals surface area contributed by atoms with Gasteiger partial charge in [0.2, 0.25) is 5.91 Å². The van der Waals surface area contributed by atoms with Gasteiger partial charge in [-0.1, -0.05) is 13.8 Å². The van der Waals surface area contributed by atoms with Crippen molar-refractivity contribution in [1.29, 1.82) is 0 Å². The van der Waals surface area contributed by atoms with Gasteiger partial charge in [-0.15, -0.1) is 0 Å². The average Bonchev–Trinajstić information content (AvgIpc) is 2.21. The van der Waals surface area contributed by atoms with Crippen LogP contribution in [0.3, 0.4) is 0 Å². The molecule has 14 heavy (non-hydrogen) atoms. The Morgan fingerprint density at radius 2 is 2.07 bits per heavy atom. The molecule has 0 spiro atoms. The summed E-state index contributed by atoms with van der Waals surface area (Å²) in [6.07, 6.45) is -1.59. The molecule has 1 aromatic heterocycles. The van der Waals surface area contributed by atoms with Gasteiger partial charge in [0.1, 0.15) is 5.69 Å². The molecular weight excluding hydrogens is 190 g/mol. The van der Waals surface area contributed by atoms with Crippen molar-refractivity contribution in [3.8, 4) is 0 Å². The normalized spacial score (nSPS) is 9.21. The second kappa shape index (κ2) is 6.01. The minimum Gasteiger partial charge on any atom is -0.366 e. The Balaban J connectivity index is 0. The first kappa shape index (κ1) is 12.5. The lowest BCUT2D eigenvalue weighted by molar-refractivity contribution is 0.0999. The SMILES string of the molecule is CC.NC(=O)c1ccc(C(F)F)nc1.[HH]. The number of nitrogens with zero attached hydrogens (tertiary/aromatic N) is 1. The first-order valence-corrected chi connectivity index (χ1v) is 4.15. The molecule has 1 aromatic rings. The molecule has 1 amide bonds. The van der Waals surface area contributed by atoms with E-state index in [1.165, 1.54) is 6.07 Å². The molecular formula is C9H14F2N2O. The number of hydrogen-bond donors (Lipinski definition) is 1. The van der Waals surface area contributed by atoms with Crippen LogP contribution in [-0.2, 0) is 0 Å². The highest BCUT2D eigenvalue weighted by atomic mass is 19.3. The zero-order chi connectivity index (χ0) is 11.1. The van der Waals surface area contributed by atoms with Gasteiger partial charge < -0.3 is 5.73 Å². The second-order valence-corrected chi connectivity index (χ2v) is 2.14. The first-order chi connectivity index (χ1) is 6.61. The minimum atomic E-state index is -2.62. The number of aromatic nitrogens is 1. The van der Waals surface area contributed by atoms with E-state index in [4.69, 9.17) is 5.73 Å². The van der Waals surface area contributed by atoms with Crippen molar-refractivity contribution in [3.05, 3.63) is 29.6 Å². The van der Waals surface area contributed by atoms with Crippen LogP contribution in [0.25, 0.3) is 0 Å². The highest BCUT2D eigenvalue weighted by Gasteiger charge is 2.08. The highest BCUT2D eigenvalue weighted by molar-refractivity contribution is 5.92. The van der Waals surface area contributed by atoms with E-state index in [1.54, 1.807) is 0 Å². The molecule has 0 unspecified atom stereocenters. The number of hydrogen-bond acceptors (Lipinski definition) is 2. The number of primary amides is 1. The Bertz CT molecular complexity index is 291. The largest absolute Gasteiger partial charge is 0.366 e. The van der Waals surface area contributed by atoms with Crippen LogP contribution in [0.4, 0.5) is 8.78 Å². The van der Waals surface area contributed by atoms with Gasteiger partial charge in [0, 0.05) is 7.62 Å². The standard InChI is InChI=1S/C7H6F2N2O.C2H6.H2/c8-6(9)5-2-1-4(3-11-5)7(10)12;1-2;/h1-3,6H,(H2,10,12);1-2H3;1H. The van der Waals surface area contributed by atoms with E-state index in [-0.39, 0.29) is 12.7 Å². The van der Waals surface area contributed by atoms with E-state index in [0.29, 0.717) is 0 Å². The summed E-state index contributed by atoms with van der Waals surface area (Å²) in [5.41, 5.74) is 4.64. The summed E-state index contributed by atoms with van der Waals surface area (Å²) in [6, 6.07) is 2.29. The quantitative estimate of drug-likeness (QED) is 0.804. The lowest BCUT2D eigenvalue weighted by atomic mass is 10.2. The Morgan fingerprint density at radius 1 is 1.50 bits per heavy atom. The third-order valence-electron chi connectivity index (χ3n) is 1.29. The summed E-state index contributed by atoms with van der Waals surface area (Å²) in [7, 11) is 0. The van der Waals surface area contributed by atoms with Crippen molar-refractivity contribution >= 4 is 5.91 Å².